The Morgan fingerprint density at radius 3 is 2.67 bits per heavy atom. The summed E-state index contributed by atoms with van der Waals surface area (Å²) < 4.78 is 9.83. The maximum absolute atomic E-state index is 11.1. The highest BCUT2D eigenvalue weighted by molar-refractivity contribution is 5.73. The van der Waals surface area contributed by atoms with Crippen LogP contribution in [-0.4, -0.2) is 25.9 Å². The van der Waals surface area contributed by atoms with Gasteiger partial charge in [-0.05, 0) is 24.8 Å². The van der Waals surface area contributed by atoms with Crippen LogP contribution >= 0.6 is 0 Å². The van der Waals surface area contributed by atoms with E-state index in [1.807, 2.05) is 0 Å². The molecule has 0 bridgehead atoms. The molecule has 0 aliphatic carbocycles. The van der Waals surface area contributed by atoms with Gasteiger partial charge in [0.2, 0.25) is 0 Å². The van der Waals surface area contributed by atoms with Crippen LogP contribution in [0, 0.1) is 5.41 Å². The Balaban J connectivity index is 4.27. The molecular formula is C11H17NO3. The largest absolute Gasteiger partial charge is 0.497 e. The van der Waals surface area contributed by atoms with Crippen LogP contribution in [0.4, 0.5) is 0 Å². The number of esters is 1. The number of carbonyl (C=O) groups is 1. The summed E-state index contributed by atoms with van der Waals surface area (Å²) in [5.74, 6) is 0.215. The predicted molar refractivity (Wildman–Crippen MR) is 58.9 cm³/mol. The Labute approximate surface area is 90.1 Å². The van der Waals surface area contributed by atoms with Crippen LogP contribution in [0.5, 0.6) is 0 Å². The third kappa shape index (κ3) is 5.67. The molecule has 0 saturated heterocycles. The molecular weight excluding hydrogens is 194 g/mol. The van der Waals surface area contributed by atoms with E-state index in [2.05, 4.69) is 6.58 Å². The Bertz CT molecular complexity index is 269. The molecule has 0 atom stereocenters. The van der Waals surface area contributed by atoms with E-state index in [1.165, 1.54) is 13.3 Å². The Morgan fingerprint density at radius 2 is 2.20 bits per heavy atom. The molecule has 84 valence electrons. The van der Waals surface area contributed by atoms with Crippen LogP contribution in [0.15, 0.2) is 24.0 Å². The van der Waals surface area contributed by atoms with E-state index in [4.69, 9.17) is 14.9 Å². The zero-order chi connectivity index (χ0) is 11.7. The number of allylic oxidation sites excluding steroid dienone is 2. The molecule has 0 amide bonds. The minimum absolute atomic E-state index is 0.117. The van der Waals surface area contributed by atoms with Gasteiger partial charge in [0.05, 0.1) is 20.1 Å². The van der Waals surface area contributed by atoms with Crippen molar-refractivity contribution in [1.29, 1.82) is 5.41 Å². The molecule has 0 rings (SSSR count). The summed E-state index contributed by atoms with van der Waals surface area (Å²) in [5, 5.41) is 6.87. The van der Waals surface area contributed by atoms with Crippen LogP contribution < -0.4 is 0 Å². The summed E-state index contributed by atoms with van der Waals surface area (Å²) in [7, 11) is 1.51. The fourth-order valence-electron chi connectivity index (χ4n) is 1.01. The second kappa shape index (κ2) is 7.79. The van der Waals surface area contributed by atoms with E-state index in [-0.39, 0.29) is 12.4 Å². The van der Waals surface area contributed by atoms with Crippen molar-refractivity contribution in [1.82, 2.24) is 0 Å². The molecule has 0 fully saturated rings. The normalized spacial score (nSPS) is 10.7. The molecule has 4 heteroatoms. The first-order valence-electron chi connectivity index (χ1n) is 4.72. The lowest BCUT2D eigenvalue weighted by atomic mass is 10.1. The van der Waals surface area contributed by atoms with Crippen molar-refractivity contribution >= 4 is 12.2 Å². The molecule has 0 radical (unpaired) electrons. The van der Waals surface area contributed by atoms with Crippen molar-refractivity contribution in [3.63, 3.8) is 0 Å². The van der Waals surface area contributed by atoms with Gasteiger partial charge in [0.1, 0.15) is 5.76 Å². The monoisotopic (exact) mass is 211 g/mol. The van der Waals surface area contributed by atoms with E-state index in [9.17, 15) is 4.79 Å². The highest BCUT2D eigenvalue weighted by atomic mass is 16.5. The Morgan fingerprint density at radius 1 is 1.53 bits per heavy atom. The number of methoxy groups -OCH3 is 1. The molecule has 0 aliphatic heterocycles. The molecule has 0 heterocycles. The first-order valence-corrected chi connectivity index (χ1v) is 4.72. The first-order chi connectivity index (χ1) is 7.15. The van der Waals surface area contributed by atoms with Crippen LogP contribution in [-0.2, 0) is 14.3 Å². The quantitative estimate of drug-likeness (QED) is 0.303. The number of carbonyl (C=O) groups excluding carboxylic acids is 1. The van der Waals surface area contributed by atoms with Crippen molar-refractivity contribution in [2.24, 2.45) is 0 Å². The lowest BCUT2D eigenvalue weighted by molar-refractivity contribution is -0.142. The fraction of sp³-hybridized carbons (Fsp3) is 0.455. The molecule has 0 aromatic rings. The van der Waals surface area contributed by atoms with E-state index in [0.717, 1.165) is 0 Å². The molecule has 15 heavy (non-hydrogen) atoms. The topological polar surface area (TPSA) is 59.4 Å². The molecule has 1 N–H and O–H groups in total. The summed E-state index contributed by atoms with van der Waals surface area (Å²) >= 11 is 0. The number of rotatable bonds is 7. The van der Waals surface area contributed by atoms with Gasteiger partial charge >= 0.3 is 5.97 Å². The zero-order valence-corrected chi connectivity index (χ0v) is 9.21. The van der Waals surface area contributed by atoms with Gasteiger partial charge in [-0.15, -0.1) is 0 Å². The van der Waals surface area contributed by atoms with Gasteiger partial charge in [0.25, 0.3) is 0 Å². The van der Waals surface area contributed by atoms with E-state index >= 15 is 0 Å². The number of ether oxygens (including phenoxy) is 2. The number of hydrogen-bond donors (Lipinski definition) is 1. The van der Waals surface area contributed by atoms with Gasteiger partial charge in [-0.25, -0.2) is 0 Å². The van der Waals surface area contributed by atoms with Crippen LogP contribution in [0.3, 0.4) is 0 Å². The lowest BCUT2D eigenvalue weighted by Crippen LogP contribution is -2.06. The summed E-state index contributed by atoms with van der Waals surface area (Å²) in [6, 6.07) is 0. The molecule has 0 aromatic carbocycles. The Kier molecular flexibility index (Phi) is 6.97. The molecule has 0 aliphatic rings. The van der Waals surface area contributed by atoms with Gasteiger partial charge in [-0.3, -0.25) is 4.79 Å². The van der Waals surface area contributed by atoms with Gasteiger partial charge in [-0.2, -0.15) is 0 Å². The second-order valence-electron chi connectivity index (χ2n) is 2.80. The van der Waals surface area contributed by atoms with Crippen molar-refractivity contribution < 1.29 is 14.3 Å². The zero-order valence-electron chi connectivity index (χ0n) is 9.21. The van der Waals surface area contributed by atoms with Crippen molar-refractivity contribution in [3.05, 3.63) is 24.0 Å². The smallest absolute Gasteiger partial charge is 0.310 e. The average Bonchev–Trinajstić information content (AvgIpc) is 2.19. The SMILES string of the molecule is C=C(CC(=O)OCC)/C(=C\CC=N)OC. The fourth-order valence-corrected chi connectivity index (χ4v) is 1.01. The highest BCUT2D eigenvalue weighted by Crippen LogP contribution is 2.13. The van der Waals surface area contributed by atoms with Crippen LogP contribution in [0.1, 0.15) is 19.8 Å². The van der Waals surface area contributed by atoms with E-state index < -0.39 is 0 Å². The third-order valence-corrected chi connectivity index (χ3v) is 1.65. The molecule has 0 unspecified atom stereocenters. The molecule has 0 spiro atoms. The Hall–Kier alpha value is -1.58. The summed E-state index contributed by atoms with van der Waals surface area (Å²) in [6.07, 6.45) is 3.53. The second-order valence-corrected chi connectivity index (χ2v) is 2.80. The maximum Gasteiger partial charge on any atom is 0.310 e. The summed E-state index contributed by atoms with van der Waals surface area (Å²) in [4.78, 5) is 11.1. The van der Waals surface area contributed by atoms with Crippen molar-refractivity contribution in [2.75, 3.05) is 13.7 Å². The molecule has 4 nitrogen and oxygen atoms in total. The predicted octanol–water partition coefficient (Wildman–Crippen LogP) is 2.07. The molecule has 0 saturated carbocycles. The minimum Gasteiger partial charge on any atom is -0.497 e. The van der Waals surface area contributed by atoms with Gasteiger partial charge in [-0.1, -0.05) is 6.58 Å². The third-order valence-electron chi connectivity index (χ3n) is 1.65. The number of nitrogens with one attached hydrogen (secondary N) is 1. The van der Waals surface area contributed by atoms with Crippen molar-refractivity contribution in [2.45, 2.75) is 19.8 Å². The maximum atomic E-state index is 11.1. The van der Waals surface area contributed by atoms with Crippen LogP contribution in [0.25, 0.3) is 0 Å². The standard InChI is InChI=1S/C11H17NO3/c1-4-15-11(13)8-9(2)10(14-3)6-5-7-12/h6-7,12H,2,4-5,8H2,1,3H3/b10-6+,12-7?. The summed E-state index contributed by atoms with van der Waals surface area (Å²) in [5.41, 5.74) is 0.567. The number of hydrogen-bond acceptors (Lipinski definition) is 4. The van der Waals surface area contributed by atoms with E-state index in [0.29, 0.717) is 24.4 Å². The minimum atomic E-state index is -0.319. The summed E-state index contributed by atoms with van der Waals surface area (Å²) in [6.45, 7) is 5.84. The van der Waals surface area contributed by atoms with E-state index in [1.54, 1.807) is 13.0 Å². The molecule has 0 aromatic heterocycles. The lowest BCUT2D eigenvalue weighted by Gasteiger charge is -2.08. The van der Waals surface area contributed by atoms with Gasteiger partial charge in [0, 0.05) is 6.42 Å². The van der Waals surface area contributed by atoms with Gasteiger partial charge in [0.15, 0.2) is 0 Å². The van der Waals surface area contributed by atoms with Crippen LogP contribution in [0.2, 0.25) is 0 Å². The van der Waals surface area contributed by atoms with Crippen molar-refractivity contribution in [3.8, 4) is 0 Å². The average molecular weight is 211 g/mol. The highest BCUT2D eigenvalue weighted by Gasteiger charge is 2.09. The first kappa shape index (κ1) is 13.4. The van der Waals surface area contributed by atoms with Gasteiger partial charge < -0.3 is 14.9 Å².